The lowest BCUT2D eigenvalue weighted by Gasteiger charge is -2.20. The summed E-state index contributed by atoms with van der Waals surface area (Å²) >= 11 is 0. The number of rotatable bonds is 8. The molecule has 0 aliphatic rings. The van der Waals surface area contributed by atoms with Crippen LogP contribution in [0.25, 0.3) is 11.4 Å². The zero-order chi connectivity index (χ0) is 21.7. The van der Waals surface area contributed by atoms with E-state index >= 15 is 0 Å². The Hall–Kier alpha value is -3.75. The van der Waals surface area contributed by atoms with Gasteiger partial charge in [0.1, 0.15) is 11.8 Å². The van der Waals surface area contributed by atoms with E-state index < -0.39 is 16.9 Å². The van der Waals surface area contributed by atoms with Gasteiger partial charge in [-0.15, -0.1) is 0 Å². The van der Waals surface area contributed by atoms with Gasteiger partial charge in [0.2, 0.25) is 11.7 Å². The minimum atomic E-state index is -0.548. The van der Waals surface area contributed by atoms with Crippen molar-refractivity contribution in [1.82, 2.24) is 15.5 Å². The van der Waals surface area contributed by atoms with E-state index in [9.17, 15) is 14.9 Å². The van der Waals surface area contributed by atoms with Gasteiger partial charge in [0, 0.05) is 23.3 Å². The van der Waals surface area contributed by atoms with E-state index in [0.29, 0.717) is 11.6 Å². The van der Waals surface area contributed by atoms with Crippen LogP contribution in [-0.4, -0.2) is 28.1 Å². The van der Waals surface area contributed by atoms with E-state index in [0.717, 1.165) is 12.0 Å². The monoisotopic (exact) mass is 410 g/mol. The van der Waals surface area contributed by atoms with Crippen LogP contribution >= 0.6 is 0 Å². The van der Waals surface area contributed by atoms with Crippen LogP contribution in [-0.2, 0) is 0 Å². The Kier molecular flexibility index (Phi) is 6.41. The van der Waals surface area contributed by atoms with Crippen molar-refractivity contribution in [3.8, 4) is 17.1 Å². The molecule has 1 heterocycles. The van der Waals surface area contributed by atoms with Gasteiger partial charge in [-0.25, -0.2) is 0 Å². The molecule has 0 radical (unpaired) electrons. The molecule has 9 nitrogen and oxygen atoms in total. The van der Waals surface area contributed by atoms with Crippen LogP contribution in [0.3, 0.4) is 0 Å². The summed E-state index contributed by atoms with van der Waals surface area (Å²) < 4.78 is 10.7. The Morgan fingerprint density at radius 3 is 2.73 bits per heavy atom. The fraction of sp³-hybridized carbons (Fsp3) is 0.286. The molecule has 0 spiro atoms. The minimum Gasteiger partial charge on any atom is -0.497 e. The first-order valence-electron chi connectivity index (χ1n) is 9.46. The van der Waals surface area contributed by atoms with Crippen molar-refractivity contribution >= 4 is 11.6 Å². The maximum Gasteiger partial charge on any atom is 0.270 e. The van der Waals surface area contributed by atoms with Gasteiger partial charge < -0.3 is 14.6 Å². The number of benzene rings is 2. The molecular weight excluding hydrogens is 388 g/mol. The molecular formula is C21H22N4O5. The van der Waals surface area contributed by atoms with E-state index in [2.05, 4.69) is 15.5 Å². The fourth-order valence-electron chi connectivity index (χ4n) is 2.91. The molecule has 2 atom stereocenters. The number of hydrogen-bond donors (Lipinski definition) is 1. The highest BCUT2D eigenvalue weighted by Gasteiger charge is 2.27. The van der Waals surface area contributed by atoms with Gasteiger partial charge in [0.05, 0.1) is 12.0 Å². The van der Waals surface area contributed by atoms with E-state index in [4.69, 9.17) is 9.26 Å². The quantitative estimate of drug-likeness (QED) is 0.437. The lowest BCUT2D eigenvalue weighted by Crippen LogP contribution is -2.32. The second-order valence-corrected chi connectivity index (χ2v) is 6.83. The number of hydrogen-bond acceptors (Lipinski definition) is 7. The number of nitrogens with one attached hydrogen (secondary N) is 1. The number of ether oxygens (including phenoxy) is 1. The molecule has 30 heavy (non-hydrogen) atoms. The lowest BCUT2D eigenvalue weighted by molar-refractivity contribution is -0.384. The number of aromatic nitrogens is 2. The molecule has 1 amide bonds. The molecule has 0 saturated heterocycles. The van der Waals surface area contributed by atoms with Gasteiger partial charge in [-0.05, 0) is 24.1 Å². The lowest BCUT2D eigenvalue weighted by atomic mass is 9.98. The summed E-state index contributed by atoms with van der Waals surface area (Å²) in [6, 6.07) is 12.3. The van der Waals surface area contributed by atoms with Crippen LogP contribution in [0.5, 0.6) is 5.75 Å². The highest BCUT2D eigenvalue weighted by atomic mass is 16.6. The average molecular weight is 410 g/mol. The SMILES string of the molecule is CC[C@@H](C)[C@@H](NC(=O)c1cccc([N+](=O)[O-])c1)c1nc(-c2cccc(OC)c2)no1. The van der Waals surface area contributed by atoms with Crippen molar-refractivity contribution in [2.45, 2.75) is 26.3 Å². The standard InChI is InChI=1S/C21H22N4O5/c1-4-13(2)18(22-20(26)15-8-5-9-16(11-15)25(27)28)21-23-19(24-30-21)14-7-6-10-17(12-14)29-3/h5-13,18H,4H2,1-3H3,(H,22,26)/t13-,18-/m1/s1. The van der Waals surface area contributed by atoms with Crippen molar-refractivity contribution in [2.24, 2.45) is 5.92 Å². The van der Waals surface area contributed by atoms with E-state index in [1.807, 2.05) is 32.0 Å². The van der Waals surface area contributed by atoms with Gasteiger partial charge in [-0.3, -0.25) is 14.9 Å². The zero-order valence-electron chi connectivity index (χ0n) is 16.9. The fourth-order valence-corrected chi connectivity index (χ4v) is 2.91. The number of methoxy groups -OCH3 is 1. The van der Waals surface area contributed by atoms with E-state index in [-0.39, 0.29) is 23.1 Å². The summed E-state index contributed by atoms with van der Waals surface area (Å²) in [5.74, 6) is 0.843. The number of non-ortho nitro benzene ring substituents is 1. The molecule has 3 rings (SSSR count). The third-order valence-corrected chi connectivity index (χ3v) is 4.85. The molecule has 0 aliphatic carbocycles. The van der Waals surface area contributed by atoms with Crippen molar-refractivity contribution < 1.29 is 19.0 Å². The number of carbonyl (C=O) groups is 1. The number of nitro benzene ring substituents is 1. The normalized spacial score (nSPS) is 12.8. The summed E-state index contributed by atoms with van der Waals surface area (Å²) in [5.41, 5.74) is 0.753. The highest BCUT2D eigenvalue weighted by molar-refractivity contribution is 5.95. The summed E-state index contributed by atoms with van der Waals surface area (Å²) in [4.78, 5) is 27.7. The van der Waals surface area contributed by atoms with Crippen LogP contribution in [0, 0.1) is 16.0 Å². The second-order valence-electron chi connectivity index (χ2n) is 6.83. The highest BCUT2D eigenvalue weighted by Crippen LogP contribution is 2.27. The van der Waals surface area contributed by atoms with Crippen molar-refractivity contribution in [2.75, 3.05) is 7.11 Å². The predicted octanol–water partition coefficient (Wildman–Crippen LogP) is 4.17. The maximum absolute atomic E-state index is 12.7. The average Bonchev–Trinajstić information content (AvgIpc) is 3.26. The molecule has 9 heteroatoms. The first kappa shape index (κ1) is 21.0. The van der Waals surface area contributed by atoms with Crippen LogP contribution < -0.4 is 10.1 Å². The molecule has 0 aliphatic heterocycles. The molecule has 156 valence electrons. The number of amides is 1. The Balaban J connectivity index is 1.86. The Labute approximate surface area is 173 Å². The molecule has 0 bridgehead atoms. The summed E-state index contributed by atoms with van der Waals surface area (Å²) in [7, 11) is 1.57. The Bertz CT molecular complexity index is 1050. The summed E-state index contributed by atoms with van der Waals surface area (Å²) in [5, 5.41) is 17.9. The first-order valence-corrected chi connectivity index (χ1v) is 9.46. The molecule has 1 N–H and O–H groups in total. The van der Waals surface area contributed by atoms with Gasteiger partial charge in [-0.2, -0.15) is 4.98 Å². The number of nitrogens with zero attached hydrogens (tertiary/aromatic N) is 3. The molecule has 0 fully saturated rings. The third kappa shape index (κ3) is 4.62. The Morgan fingerprint density at radius 2 is 2.03 bits per heavy atom. The van der Waals surface area contributed by atoms with E-state index in [1.165, 1.54) is 24.3 Å². The molecule has 0 unspecified atom stereocenters. The molecule has 2 aromatic carbocycles. The number of nitro groups is 1. The topological polar surface area (TPSA) is 120 Å². The van der Waals surface area contributed by atoms with E-state index in [1.54, 1.807) is 13.2 Å². The molecule has 1 aromatic heterocycles. The van der Waals surface area contributed by atoms with Crippen LogP contribution in [0.1, 0.15) is 42.6 Å². The molecule has 0 saturated carbocycles. The van der Waals surface area contributed by atoms with Crippen molar-refractivity contribution in [3.05, 3.63) is 70.1 Å². The number of carbonyl (C=O) groups excluding carboxylic acids is 1. The third-order valence-electron chi connectivity index (χ3n) is 4.85. The van der Waals surface area contributed by atoms with Gasteiger partial charge >= 0.3 is 0 Å². The van der Waals surface area contributed by atoms with Crippen LogP contribution in [0.4, 0.5) is 5.69 Å². The van der Waals surface area contributed by atoms with Crippen LogP contribution in [0.2, 0.25) is 0 Å². The van der Waals surface area contributed by atoms with Gasteiger partial charge in [0.15, 0.2) is 0 Å². The largest absolute Gasteiger partial charge is 0.497 e. The van der Waals surface area contributed by atoms with Crippen molar-refractivity contribution in [3.63, 3.8) is 0 Å². The minimum absolute atomic E-state index is 0.00809. The van der Waals surface area contributed by atoms with Gasteiger partial charge in [-0.1, -0.05) is 43.6 Å². The summed E-state index contributed by atoms with van der Waals surface area (Å²) in [6.45, 7) is 3.93. The first-order chi connectivity index (χ1) is 14.4. The zero-order valence-corrected chi connectivity index (χ0v) is 16.9. The molecule has 3 aromatic rings. The Morgan fingerprint density at radius 1 is 1.27 bits per heavy atom. The van der Waals surface area contributed by atoms with Crippen molar-refractivity contribution in [1.29, 1.82) is 0 Å². The maximum atomic E-state index is 12.7. The van der Waals surface area contributed by atoms with Crippen LogP contribution in [0.15, 0.2) is 53.1 Å². The van der Waals surface area contributed by atoms with Gasteiger partial charge in [0.25, 0.3) is 11.6 Å². The smallest absolute Gasteiger partial charge is 0.270 e. The predicted molar refractivity (Wildman–Crippen MR) is 109 cm³/mol. The summed E-state index contributed by atoms with van der Waals surface area (Å²) in [6.07, 6.45) is 0.747. The second kappa shape index (κ2) is 9.17.